The minimum atomic E-state index is -4.71. The predicted molar refractivity (Wildman–Crippen MR) is 110 cm³/mol. The first-order chi connectivity index (χ1) is 15.1. The molecule has 170 valence electrons. The van der Waals surface area contributed by atoms with E-state index in [4.69, 9.17) is 0 Å². The van der Waals surface area contributed by atoms with Crippen molar-refractivity contribution < 1.29 is 36.4 Å². The van der Waals surface area contributed by atoms with Gasteiger partial charge in [-0.2, -0.15) is 13.2 Å². The Morgan fingerprint density at radius 3 is 2.69 bits per heavy atom. The fraction of sp³-hybridized carbons (Fsp3) is 0.300. The predicted octanol–water partition coefficient (Wildman–Crippen LogP) is 4.60. The molecule has 0 amide bonds. The average Bonchev–Trinajstić information content (AvgIpc) is 3.07. The van der Waals surface area contributed by atoms with Gasteiger partial charge in [-0.15, -0.1) is 11.3 Å². The summed E-state index contributed by atoms with van der Waals surface area (Å²) in [5.41, 5.74) is -0.165. The fourth-order valence-electron chi connectivity index (χ4n) is 3.87. The Balaban J connectivity index is 1.72. The van der Waals surface area contributed by atoms with Crippen LogP contribution in [0.2, 0.25) is 0 Å². The molecule has 1 aliphatic rings. The number of halogens is 3. The lowest BCUT2D eigenvalue weighted by molar-refractivity contribution is -0.155. The molecule has 1 N–H and O–H groups in total. The van der Waals surface area contributed by atoms with Crippen LogP contribution in [0.3, 0.4) is 0 Å². The van der Waals surface area contributed by atoms with Gasteiger partial charge in [-0.25, -0.2) is 4.79 Å². The molecule has 0 bridgehead atoms. The number of anilines is 1. The van der Waals surface area contributed by atoms with E-state index in [-0.39, 0.29) is 22.0 Å². The molecule has 12 heteroatoms. The van der Waals surface area contributed by atoms with E-state index in [9.17, 15) is 31.8 Å². The van der Waals surface area contributed by atoms with Crippen LogP contribution in [0.25, 0.3) is 10.6 Å². The van der Waals surface area contributed by atoms with Crippen molar-refractivity contribution in [2.24, 2.45) is 0 Å². The van der Waals surface area contributed by atoms with E-state index in [1.54, 1.807) is 12.1 Å². The van der Waals surface area contributed by atoms with E-state index in [1.807, 2.05) is 19.1 Å². The van der Waals surface area contributed by atoms with Crippen molar-refractivity contribution in [3.63, 3.8) is 0 Å². The van der Waals surface area contributed by atoms with Gasteiger partial charge >= 0.3 is 12.1 Å². The standard InChI is InChI=1S/C20H17F3N2O5S2/c1-2-11-5-3-4-6-12(11)13-10-19(13,18(26)27)25(32(28)29)17-8-7-15(31-17)14-9-16(30-24-14)20(21,22)23/h3-9,13H,2,10H2,1H3,(H,26,27)(H,28,29)/p-1. The quantitative estimate of drug-likeness (QED) is 0.491. The summed E-state index contributed by atoms with van der Waals surface area (Å²) < 4.78 is 67.9. The topological polar surface area (TPSA) is 107 Å². The Hall–Kier alpha value is -2.70. The molecular weight excluding hydrogens is 469 g/mol. The van der Waals surface area contributed by atoms with Gasteiger partial charge in [-0.05, 0) is 36.1 Å². The average molecular weight is 485 g/mol. The van der Waals surface area contributed by atoms with Gasteiger partial charge < -0.3 is 14.2 Å². The van der Waals surface area contributed by atoms with Crippen LogP contribution < -0.4 is 4.31 Å². The molecular formula is C20H16F3N2O5S2-. The van der Waals surface area contributed by atoms with Crippen LogP contribution in [-0.2, 0) is 28.7 Å². The van der Waals surface area contributed by atoms with Crippen molar-refractivity contribution in [2.75, 3.05) is 4.31 Å². The number of aliphatic carboxylic acids is 1. The van der Waals surface area contributed by atoms with Crippen molar-refractivity contribution in [1.29, 1.82) is 0 Å². The summed E-state index contributed by atoms with van der Waals surface area (Å²) in [6, 6.07) is 10.7. The number of benzene rings is 1. The maximum Gasteiger partial charge on any atom is 0.452 e. The first-order valence-corrected chi connectivity index (χ1v) is 11.3. The van der Waals surface area contributed by atoms with Gasteiger partial charge in [0.05, 0.1) is 4.88 Å². The van der Waals surface area contributed by atoms with Gasteiger partial charge in [0, 0.05) is 23.3 Å². The van der Waals surface area contributed by atoms with Gasteiger partial charge in [0.25, 0.3) is 0 Å². The number of aryl methyl sites for hydroxylation is 1. The summed E-state index contributed by atoms with van der Waals surface area (Å²) in [6.07, 6.45) is -3.99. The normalized spacial score (nSPS) is 21.3. The van der Waals surface area contributed by atoms with Crippen LogP contribution in [0, 0.1) is 0 Å². The molecule has 2 aromatic heterocycles. The molecule has 7 nitrogen and oxygen atoms in total. The van der Waals surface area contributed by atoms with E-state index in [0.717, 1.165) is 26.8 Å². The number of hydrogen-bond donors (Lipinski definition) is 1. The van der Waals surface area contributed by atoms with Crippen molar-refractivity contribution in [3.8, 4) is 10.6 Å². The fourth-order valence-corrected chi connectivity index (χ4v) is 5.86. The zero-order chi connectivity index (χ0) is 23.3. The van der Waals surface area contributed by atoms with Crippen LogP contribution in [0.5, 0.6) is 0 Å². The molecule has 3 atom stereocenters. The van der Waals surface area contributed by atoms with Crippen LogP contribution in [0.1, 0.15) is 36.1 Å². The Kier molecular flexibility index (Phi) is 5.63. The number of thiophene rings is 1. The number of hydrogen-bond acceptors (Lipinski definition) is 6. The molecule has 3 unspecified atom stereocenters. The molecule has 0 radical (unpaired) electrons. The highest BCUT2D eigenvalue weighted by Crippen LogP contribution is 2.59. The van der Waals surface area contributed by atoms with Crippen LogP contribution in [0.4, 0.5) is 18.2 Å². The molecule has 1 fully saturated rings. The molecule has 1 aliphatic carbocycles. The van der Waals surface area contributed by atoms with Crippen molar-refractivity contribution in [3.05, 3.63) is 59.4 Å². The lowest BCUT2D eigenvalue weighted by Gasteiger charge is -2.32. The summed E-state index contributed by atoms with van der Waals surface area (Å²) >= 11 is -2.13. The van der Waals surface area contributed by atoms with Gasteiger partial charge in [0.1, 0.15) is 10.7 Å². The van der Waals surface area contributed by atoms with Crippen LogP contribution in [0.15, 0.2) is 47.0 Å². The maximum absolute atomic E-state index is 12.8. The number of aromatic nitrogens is 1. The lowest BCUT2D eigenvalue weighted by Crippen LogP contribution is -2.46. The minimum absolute atomic E-state index is 0.0590. The van der Waals surface area contributed by atoms with Crippen molar-refractivity contribution >= 4 is 33.6 Å². The smallest absolute Gasteiger partial charge is 0.452 e. The summed E-state index contributed by atoms with van der Waals surface area (Å²) in [4.78, 5) is 12.5. The highest BCUT2D eigenvalue weighted by molar-refractivity contribution is 7.81. The monoisotopic (exact) mass is 485 g/mol. The van der Waals surface area contributed by atoms with E-state index < -0.39 is 40.6 Å². The van der Waals surface area contributed by atoms with Crippen molar-refractivity contribution in [1.82, 2.24) is 5.16 Å². The number of alkyl halides is 3. The third-order valence-electron chi connectivity index (χ3n) is 5.46. The SMILES string of the molecule is CCc1ccccc1C1CC1(C(=O)O)N(c1ccc(-c2cc(C(F)(F)F)on2)s1)S(=O)[O-]. The highest BCUT2D eigenvalue weighted by Gasteiger charge is 2.66. The molecule has 1 aromatic carbocycles. The Morgan fingerprint density at radius 2 is 2.09 bits per heavy atom. The van der Waals surface area contributed by atoms with Crippen LogP contribution >= 0.6 is 11.3 Å². The van der Waals surface area contributed by atoms with E-state index in [2.05, 4.69) is 9.68 Å². The molecule has 32 heavy (non-hydrogen) atoms. The largest absolute Gasteiger partial charge is 0.755 e. The van der Waals surface area contributed by atoms with Crippen molar-refractivity contribution in [2.45, 2.75) is 37.4 Å². The summed E-state index contributed by atoms with van der Waals surface area (Å²) in [5.74, 6) is -3.15. The van der Waals surface area contributed by atoms with E-state index in [0.29, 0.717) is 12.5 Å². The highest BCUT2D eigenvalue weighted by atomic mass is 32.2. The Labute approximate surface area is 186 Å². The molecule has 3 aromatic rings. The van der Waals surface area contributed by atoms with E-state index >= 15 is 0 Å². The number of carbonyl (C=O) groups is 1. The lowest BCUT2D eigenvalue weighted by atomic mass is 9.98. The van der Waals surface area contributed by atoms with E-state index in [1.165, 1.54) is 12.1 Å². The molecule has 0 aliphatic heterocycles. The minimum Gasteiger partial charge on any atom is -0.755 e. The first-order valence-electron chi connectivity index (χ1n) is 9.44. The Bertz CT molecular complexity index is 1190. The second-order valence-corrected chi connectivity index (χ2v) is 9.12. The summed E-state index contributed by atoms with van der Waals surface area (Å²) in [5, 5.41) is 13.5. The molecule has 1 saturated carbocycles. The van der Waals surface area contributed by atoms with Gasteiger partial charge in [-0.1, -0.05) is 36.3 Å². The summed E-state index contributed by atoms with van der Waals surface area (Å²) in [6.45, 7) is 1.92. The third kappa shape index (κ3) is 3.71. The number of rotatable bonds is 7. The first kappa shape index (κ1) is 22.5. The van der Waals surface area contributed by atoms with Crippen LogP contribution in [-0.4, -0.2) is 30.5 Å². The third-order valence-corrected chi connectivity index (χ3v) is 7.49. The zero-order valence-electron chi connectivity index (χ0n) is 16.5. The zero-order valence-corrected chi connectivity index (χ0v) is 18.1. The molecule has 2 heterocycles. The van der Waals surface area contributed by atoms with Gasteiger partial charge in [0.15, 0.2) is 5.54 Å². The molecule has 0 saturated heterocycles. The molecule has 4 rings (SSSR count). The van der Waals surface area contributed by atoms with Gasteiger partial charge in [0.2, 0.25) is 5.76 Å². The maximum atomic E-state index is 12.8. The second kappa shape index (κ2) is 8.01. The number of carboxylic acid groups (broad SMARTS) is 1. The second-order valence-electron chi connectivity index (χ2n) is 7.26. The number of nitrogens with zero attached hydrogens (tertiary/aromatic N) is 2. The number of carboxylic acids is 1. The Morgan fingerprint density at radius 1 is 1.38 bits per heavy atom. The summed E-state index contributed by atoms with van der Waals surface area (Å²) in [7, 11) is 0. The van der Waals surface area contributed by atoms with Gasteiger partial charge in [-0.3, -0.25) is 8.51 Å². The molecule has 0 spiro atoms.